The predicted molar refractivity (Wildman–Crippen MR) is 89.2 cm³/mol. The predicted octanol–water partition coefficient (Wildman–Crippen LogP) is 2.36. The van der Waals surface area contributed by atoms with Gasteiger partial charge in [0.1, 0.15) is 0 Å². The first-order valence-corrected chi connectivity index (χ1v) is 8.31. The molecular formula is C16H19BrN4O. The van der Waals surface area contributed by atoms with Crippen LogP contribution in [0.15, 0.2) is 41.1 Å². The number of benzene rings is 1. The second-order valence-electron chi connectivity index (χ2n) is 5.57. The summed E-state index contributed by atoms with van der Waals surface area (Å²) in [5.41, 5.74) is 1.52. The van der Waals surface area contributed by atoms with Gasteiger partial charge in [-0.1, -0.05) is 15.9 Å². The summed E-state index contributed by atoms with van der Waals surface area (Å²) in [6, 6.07) is 7.80. The van der Waals surface area contributed by atoms with Gasteiger partial charge in [-0.3, -0.25) is 4.79 Å². The molecule has 5 nitrogen and oxygen atoms in total. The van der Waals surface area contributed by atoms with Crippen LogP contribution in [0.1, 0.15) is 23.2 Å². The summed E-state index contributed by atoms with van der Waals surface area (Å²) in [7, 11) is 0. The molecule has 0 radical (unpaired) electrons. The first kappa shape index (κ1) is 15.2. The van der Waals surface area contributed by atoms with Crippen LogP contribution in [0.2, 0.25) is 0 Å². The van der Waals surface area contributed by atoms with Gasteiger partial charge >= 0.3 is 0 Å². The van der Waals surface area contributed by atoms with Crippen LogP contribution in [0.5, 0.6) is 0 Å². The lowest BCUT2D eigenvalue weighted by Gasteiger charge is -2.22. The fraction of sp³-hybridized carbons (Fsp3) is 0.375. The van der Waals surface area contributed by atoms with Crippen molar-refractivity contribution in [2.75, 3.05) is 19.6 Å². The number of aromatic nitrogens is 2. The summed E-state index contributed by atoms with van der Waals surface area (Å²) < 4.78 is 2.73. The third-order valence-corrected chi connectivity index (χ3v) is 4.41. The standard InChI is InChI=1S/C16H19BrN4O/c17-14-3-5-15(6-4-14)21-11-13(10-20-21)16(22)19-9-12-2-1-7-18-8-12/h3-6,10-12,18H,1-2,7-9H2,(H,19,22). The molecule has 6 heteroatoms. The van der Waals surface area contributed by atoms with Crippen molar-refractivity contribution in [2.45, 2.75) is 12.8 Å². The lowest BCUT2D eigenvalue weighted by Crippen LogP contribution is -2.38. The Labute approximate surface area is 138 Å². The molecule has 3 rings (SSSR count). The Morgan fingerprint density at radius 1 is 1.41 bits per heavy atom. The van der Waals surface area contributed by atoms with E-state index in [2.05, 4.69) is 31.7 Å². The molecule has 1 aromatic heterocycles. The summed E-state index contributed by atoms with van der Waals surface area (Å²) in [6.07, 6.45) is 5.72. The molecule has 1 aliphatic heterocycles. The van der Waals surface area contributed by atoms with E-state index in [4.69, 9.17) is 0 Å². The van der Waals surface area contributed by atoms with E-state index in [1.807, 2.05) is 24.3 Å². The molecule has 1 atom stereocenters. The molecule has 0 aliphatic carbocycles. The van der Waals surface area contributed by atoms with Crippen molar-refractivity contribution in [1.29, 1.82) is 0 Å². The van der Waals surface area contributed by atoms with Gasteiger partial charge in [-0.2, -0.15) is 5.10 Å². The number of amides is 1. The molecule has 1 fully saturated rings. The minimum absolute atomic E-state index is 0.0612. The molecule has 2 N–H and O–H groups in total. The first-order chi connectivity index (χ1) is 10.7. The third-order valence-electron chi connectivity index (χ3n) is 3.89. The number of hydrogen-bond acceptors (Lipinski definition) is 3. The monoisotopic (exact) mass is 362 g/mol. The summed E-state index contributed by atoms with van der Waals surface area (Å²) in [5, 5.41) is 10.6. The maximum Gasteiger partial charge on any atom is 0.254 e. The lowest BCUT2D eigenvalue weighted by atomic mass is 10.00. The number of carbonyl (C=O) groups is 1. The number of piperidine rings is 1. The van der Waals surface area contributed by atoms with Gasteiger partial charge in [-0.25, -0.2) is 4.68 Å². The van der Waals surface area contributed by atoms with Gasteiger partial charge in [0, 0.05) is 17.2 Å². The molecule has 22 heavy (non-hydrogen) atoms. The molecule has 2 aromatic rings. The fourth-order valence-corrected chi connectivity index (χ4v) is 2.88. The summed E-state index contributed by atoms with van der Waals surface area (Å²) in [6.45, 7) is 2.79. The Hall–Kier alpha value is -1.66. The van der Waals surface area contributed by atoms with Crippen LogP contribution in [0.25, 0.3) is 5.69 Å². The lowest BCUT2D eigenvalue weighted by molar-refractivity contribution is 0.0945. The Balaban J connectivity index is 1.60. The minimum atomic E-state index is -0.0612. The number of hydrogen-bond donors (Lipinski definition) is 2. The highest BCUT2D eigenvalue weighted by atomic mass is 79.9. The Bertz CT molecular complexity index is 632. The van der Waals surface area contributed by atoms with Crippen molar-refractivity contribution in [2.24, 2.45) is 5.92 Å². The van der Waals surface area contributed by atoms with Crippen molar-refractivity contribution in [1.82, 2.24) is 20.4 Å². The SMILES string of the molecule is O=C(NCC1CCCNC1)c1cnn(-c2ccc(Br)cc2)c1. The maximum absolute atomic E-state index is 12.2. The van der Waals surface area contributed by atoms with Gasteiger partial charge < -0.3 is 10.6 Å². The van der Waals surface area contributed by atoms with E-state index in [0.29, 0.717) is 11.5 Å². The van der Waals surface area contributed by atoms with Crippen molar-refractivity contribution in [3.63, 3.8) is 0 Å². The highest BCUT2D eigenvalue weighted by molar-refractivity contribution is 9.10. The van der Waals surface area contributed by atoms with E-state index in [1.165, 1.54) is 12.8 Å². The summed E-state index contributed by atoms with van der Waals surface area (Å²) >= 11 is 3.41. The Kier molecular flexibility index (Phi) is 4.90. The highest BCUT2D eigenvalue weighted by Gasteiger charge is 2.15. The summed E-state index contributed by atoms with van der Waals surface area (Å²) in [4.78, 5) is 12.2. The van der Waals surface area contributed by atoms with E-state index in [-0.39, 0.29) is 5.91 Å². The summed E-state index contributed by atoms with van der Waals surface area (Å²) in [5.74, 6) is 0.466. The fourth-order valence-electron chi connectivity index (χ4n) is 2.61. The number of nitrogens with one attached hydrogen (secondary N) is 2. The Morgan fingerprint density at radius 3 is 2.95 bits per heavy atom. The van der Waals surface area contributed by atoms with Crippen LogP contribution in [-0.4, -0.2) is 35.3 Å². The average Bonchev–Trinajstić information content (AvgIpc) is 3.04. The molecule has 0 bridgehead atoms. The molecule has 0 spiro atoms. The van der Waals surface area contributed by atoms with E-state index in [9.17, 15) is 4.79 Å². The Morgan fingerprint density at radius 2 is 2.23 bits per heavy atom. The van der Waals surface area contributed by atoms with Crippen molar-refractivity contribution >= 4 is 21.8 Å². The highest BCUT2D eigenvalue weighted by Crippen LogP contribution is 2.14. The molecule has 1 aromatic carbocycles. The first-order valence-electron chi connectivity index (χ1n) is 7.52. The normalized spacial score (nSPS) is 18.1. The zero-order valence-corrected chi connectivity index (χ0v) is 13.8. The molecule has 116 valence electrons. The number of rotatable bonds is 4. The van der Waals surface area contributed by atoms with Crippen molar-refractivity contribution < 1.29 is 4.79 Å². The molecule has 2 heterocycles. The van der Waals surface area contributed by atoms with Gasteiger partial charge in [0.15, 0.2) is 0 Å². The van der Waals surface area contributed by atoms with Crippen LogP contribution in [0.3, 0.4) is 0 Å². The molecule has 1 saturated heterocycles. The smallest absolute Gasteiger partial charge is 0.254 e. The molecule has 1 amide bonds. The minimum Gasteiger partial charge on any atom is -0.352 e. The second-order valence-corrected chi connectivity index (χ2v) is 6.49. The largest absolute Gasteiger partial charge is 0.352 e. The zero-order chi connectivity index (χ0) is 15.4. The molecule has 0 saturated carbocycles. The number of carbonyl (C=O) groups excluding carboxylic acids is 1. The maximum atomic E-state index is 12.2. The third kappa shape index (κ3) is 3.75. The van der Waals surface area contributed by atoms with E-state index in [1.54, 1.807) is 17.1 Å². The quantitative estimate of drug-likeness (QED) is 0.877. The number of halogens is 1. The van der Waals surface area contributed by atoms with Crippen LogP contribution in [0, 0.1) is 5.92 Å². The van der Waals surface area contributed by atoms with Crippen LogP contribution in [0.4, 0.5) is 0 Å². The molecular weight excluding hydrogens is 344 g/mol. The van der Waals surface area contributed by atoms with E-state index >= 15 is 0 Å². The topological polar surface area (TPSA) is 59.0 Å². The molecule has 1 unspecified atom stereocenters. The zero-order valence-electron chi connectivity index (χ0n) is 12.3. The van der Waals surface area contributed by atoms with Gasteiger partial charge in [-0.15, -0.1) is 0 Å². The van der Waals surface area contributed by atoms with Crippen LogP contribution < -0.4 is 10.6 Å². The van der Waals surface area contributed by atoms with Gasteiger partial charge in [0.25, 0.3) is 5.91 Å². The number of nitrogens with zero attached hydrogens (tertiary/aromatic N) is 2. The van der Waals surface area contributed by atoms with Crippen molar-refractivity contribution in [3.8, 4) is 5.69 Å². The van der Waals surface area contributed by atoms with Gasteiger partial charge in [0.2, 0.25) is 0 Å². The van der Waals surface area contributed by atoms with Crippen molar-refractivity contribution in [3.05, 3.63) is 46.7 Å². The second kappa shape index (κ2) is 7.07. The van der Waals surface area contributed by atoms with E-state index in [0.717, 1.165) is 29.8 Å². The van der Waals surface area contributed by atoms with E-state index < -0.39 is 0 Å². The van der Waals surface area contributed by atoms with Gasteiger partial charge in [0.05, 0.1) is 17.4 Å². The van der Waals surface area contributed by atoms with Crippen LogP contribution in [-0.2, 0) is 0 Å². The van der Waals surface area contributed by atoms with Crippen LogP contribution >= 0.6 is 15.9 Å². The molecule has 1 aliphatic rings. The average molecular weight is 363 g/mol. The van der Waals surface area contributed by atoms with Gasteiger partial charge in [-0.05, 0) is 56.1 Å².